The summed E-state index contributed by atoms with van der Waals surface area (Å²) in [4.78, 5) is 15.2. The summed E-state index contributed by atoms with van der Waals surface area (Å²) in [5.41, 5.74) is 8.28. The van der Waals surface area contributed by atoms with Crippen LogP contribution in [0.1, 0.15) is 44.1 Å². The van der Waals surface area contributed by atoms with Crippen molar-refractivity contribution in [1.82, 2.24) is 19.9 Å². The van der Waals surface area contributed by atoms with E-state index in [4.69, 9.17) is 4.98 Å². The second-order valence-electron chi connectivity index (χ2n) is 7.34. The Morgan fingerprint density at radius 2 is 2.04 bits per heavy atom. The number of imidazole rings is 1. The molecule has 1 N–H and O–H groups in total. The first-order valence-electron chi connectivity index (χ1n) is 9.63. The molecule has 4 rings (SSSR count). The monoisotopic (exact) mass is 378 g/mol. The highest BCUT2D eigenvalue weighted by Crippen LogP contribution is 2.30. The second-order valence-corrected chi connectivity index (χ2v) is 8.22. The number of benzene rings is 1. The third kappa shape index (κ3) is 3.83. The molecular weight excluding hydrogens is 352 g/mol. The van der Waals surface area contributed by atoms with E-state index >= 15 is 0 Å². The number of hydrogen-bond donors (Lipinski definition) is 1. The van der Waals surface area contributed by atoms with E-state index in [0.717, 1.165) is 59.8 Å². The molecule has 1 aliphatic heterocycles. The predicted octanol–water partition coefficient (Wildman–Crippen LogP) is 5.65. The molecule has 3 aromatic rings. The van der Waals surface area contributed by atoms with Gasteiger partial charge in [0.05, 0.1) is 27.1 Å². The molecule has 0 radical (unpaired) electrons. The minimum absolute atomic E-state index is 0.873. The van der Waals surface area contributed by atoms with Crippen molar-refractivity contribution in [3.63, 3.8) is 0 Å². The largest absolute Gasteiger partial charge is 0.375 e. The first-order valence-corrected chi connectivity index (χ1v) is 10.5. The topological polar surface area (TPSA) is 44.8 Å². The fourth-order valence-corrected chi connectivity index (χ4v) is 4.42. The smallest absolute Gasteiger partial charge is 0.107 e. The molecule has 1 saturated heterocycles. The summed E-state index contributed by atoms with van der Waals surface area (Å²) in [6, 6.07) is 6.37. The van der Waals surface area contributed by atoms with Gasteiger partial charge in [-0.2, -0.15) is 0 Å². The molecule has 4 nitrogen and oxygen atoms in total. The van der Waals surface area contributed by atoms with Gasteiger partial charge in [0.25, 0.3) is 0 Å². The molecule has 0 saturated carbocycles. The SMILES string of the molecule is C=C(C)c1nc(CCC(=C)N2CCCCC2)[nH]c1-c1ccc2ncsc2c1. The van der Waals surface area contributed by atoms with Crippen LogP contribution >= 0.6 is 11.3 Å². The first kappa shape index (κ1) is 18.0. The zero-order chi connectivity index (χ0) is 18.8. The van der Waals surface area contributed by atoms with Crippen molar-refractivity contribution in [2.45, 2.75) is 39.0 Å². The summed E-state index contributed by atoms with van der Waals surface area (Å²) in [5, 5.41) is 0. The lowest BCUT2D eigenvalue weighted by Crippen LogP contribution is -2.28. The number of aromatic amines is 1. The molecule has 0 bridgehead atoms. The summed E-state index contributed by atoms with van der Waals surface area (Å²) in [6.07, 6.45) is 5.72. The molecule has 0 spiro atoms. The Kier molecular flexibility index (Phi) is 5.12. The molecule has 3 heterocycles. The van der Waals surface area contributed by atoms with Crippen LogP contribution in [0, 0.1) is 0 Å². The number of nitrogens with zero attached hydrogens (tertiary/aromatic N) is 3. The van der Waals surface area contributed by atoms with Crippen LogP contribution in [0.3, 0.4) is 0 Å². The van der Waals surface area contributed by atoms with Crippen LogP contribution in [0.25, 0.3) is 27.0 Å². The third-order valence-electron chi connectivity index (χ3n) is 5.23. The number of aromatic nitrogens is 3. The molecule has 0 unspecified atom stereocenters. The number of likely N-dealkylation sites (tertiary alicyclic amines) is 1. The van der Waals surface area contributed by atoms with Crippen molar-refractivity contribution >= 4 is 27.1 Å². The number of nitrogens with one attached hydrogen (secondary N) is 1. The molecule has 0 atom stereocenters. The Morgan fingerprint density at radius 1 is 1.22 bits per heavy atom. The molecule has 0 amide bonds. The van der Waals surface area contributed by atoms with E-state index in [9.17, 15) is 0 Å². The van der Waals surface area contributed by atoms with E-state index in [2.05, 4.69) is 46.2 Å². The van der Waals surface area contributed by atoms with Gasteiger partial charge in [-0.3, -0.25) is 0 Å². The molecule has 1 fully saturated rings. The predicted molar refractivity (Wildman–Crippen MR) is 115 cm³/mol. The standard InChI is InChI=1S/C22H26N4S/c1-15(2)21-22(17-8-9-18-19(13-17)27-14-23-18)25-20(24-21)10-7-16(3)26-11-5-4-6-12-26/h8-9,13-14H,1,3-7,10-12H2,2H3,(H,24,25). The van der Waals surface area contributed by atoms with Gasteiger partial charge in [-0.25, -0.2) is 9.97 Å². The summed E-state index contributed by atoms with van der Waals surface area (Å²) in [7, 11) is 0. The van der Waals surface area contributed by atoms with Gasteiger partial charge < -0.3 is 9.88 Å². The van der Waals surface area contributed by atoms with Gasteiger partial charge in [0, 0.05) is 30.8 Å². The van der Waals surface area contributed by atoms with Crippen molar-refractivity contribution in [3.8, 4) is 11.3 Å². The van der Waals surface area contributed by atoms with Crippen molar-refractivity contribution in [2.24, 2.45) is 0 Å². The van der Waals surface area contributed by atoms with Crippen LogP contribution in [0.5, 0.6) is 0 Å². The molecule has 0 aliphatic carbocycles. The molecule has 1 aliphatic rings. The minimum Gasteiger partial charge on any atom is -0.375 e. The molecule has 27 heavy (non-hydrogen) atoms. The van der Waals surface area contributed by atoms with Gasteiger partial charge in [-0.05, 0) is 50.3 Å². The van der Waals surface area contributed by atoms with Crippen molar-refractivity contribution in [1.29, 1.82) is 0 Å². The van der Waals surface area contributed by atoms with E-state index < -0.39 is 0 Å². The fraction of sp³-hybridized carbons (Fsp3) is 0.364. The number of H-pyrrole nitrogens is 1. The Labute approximate surface area is 164 Å². The highest BCUT2D eigenvalue weighted by Gasteiger charge is 2.16. The van der Waals surface area contributed by atoms with Crippen molar-refractivity contribution < 1.29 is 0 Å². The highest BCUT2D eigenvalue weighted by atomic mass is 32.1. The number of rotatable bonds is 6. The number of hydrogen-bond acceptors (Lipinski definition) is 4. The average Bonchev–Trinajstić information content (AvgIpc) is 3.33. The number of thiazole rings is 1. The zero-order valence-electron chi connectivity index (χ0n) is 15.9. The summed E-state index contributed by atoms with van der Waals surface area (Å²) in [6.45, 7) is 12.7. The molecule has 2 aromatic heterocycles. The lowest BCUT2D eigenvalue weighted by molar-refractivity contribution is 0.277. The lowest BCUT2D eigenvalue weighted by atomic mass is 10.1. The van der Waals surface area contributed by atoms with Gasteiger partial charge in [-0.15, -0.1) is 11.3 Å². The summed E-state index contributed by atoms with van der Waals surface area (Å²) in [5.74, 6) is 1.01. The van der Waals surface area contributed by atoms with Crippen LogP contribution in [-0.4, -0.2) is 32.9 Å². The van der Waals surface area contributed by atoms with Crippen LogP contribution in [0.15, 0.2) is 42.6 Å². The van der Waals surface area contributed by atoms with E-state index in [1.165, 1.54) is 29.7 Å². The van der Waals surface area contributed by atoms with E-state index in [-0.39, 0.29) is 0 Å². The average molecular weight is 379 g/mol. The third-order valence-corrected chi connectivity index (χ3v) is 6.02. The van der Waals surface area contributed by atoms with Crippen LogP contribution in [0.4, 0.5) is 0 Å². The van der Waals surface area contributed by atoms with E-state index in [0.29, 0.717) is 0 Å². The molecule has 1 aromatic carbocycles. The van der Waals surface area contributed by atoms with Crippen LogP contribution < -0.4 is 0 Å². The maximum atomic E-state index is 4.84. The quantitative estimate of drug-likeness (QED) is 0.603. The molecular formula is C22H26N4S. The minimum atomic E-state index is 0.873. The van der Waals surface area contributed by atoms with Gasteiger partial charge in [0.1, 0.15) is 5.82 Å². The van der Waals surface area contributed by atoms with Gasteiger partial charge in [0.15, 0.2) is 0 Å². The van der Waals surface area contributed by atoms with Crippen LogP contribution in [-0.2, 0) is 6.42 Å². The lowest BCUT2D eigenvalue weighted by Gasteiger charge is -2.30. The Morgan fingerprint density at radius 3 is 2.81 bits per heavy atom. The van der Waals surface area contributed by atoms with E-state index in [1.807, 2.05) is 12.4 Å². The number of aryl methyl sites for hydroxylation is 1. The maximum Gasteiger partial charge on any atom is 0.107 e. The van der Waals surface area contributed by atoms with Crippen molar-refractivity contribution in [2.75, 3.05) is 13.1 Å². The van der Waals surface area contributed by atoms with Gasteiger partial charge >= 0.3 is 0 Å². The maximum absolute atomic E-state index is 4.84. The first-order chi connectivity index (χ1) is 13.1. The number of allylic oxidation sites excluding steroid dienone is 2. The molecule has 140 valence electrons. The van der Waals surface area contributed by atoms with Crippen LogP contribution in [0.2, 0.25) is 0 Å². The highest BCUT2D eigenvalue weighted by molar-refractivity contribution is 7.16. The molecule has 5 heteroatoms. The number of fused-ring (bicyclic) bond motifs is 1. The van der Waals surface area contributed by atoms with E-state index in [1.54, 1.807) is 11.3 Å². The Balaban J connectivity index is 1.55. The fourth-order valence-electron chi connectivity index (χ4n) is 3.70. The van der Waals surface area contributed by atoms with Gasteiger partial charge in [0.2, 0.25) is 0 Å². The summed E-state index contributed by atoms with van der Waals surface area (Å²) >= 11 is 1.66. The zero-order valence-corrected chi connectivity index (χ0v) is 16.7. The second kappa shape index (κ2) is 7.69. The normalized spacial score (nSPS) is 14.6. The Hall–Kier alpha value is -2.40. The summed E-state index contributed by atoms with van der Waals surface area (Å²) < 4.78 is 1.19. The van der Waals surface area contributed by atoms with Gasteiger partial charge in [-0.1, -0.05) is 19.2 Å². The number of piperidine rings is 1. The van der Waals surface area contributed by atoms with Crippen molar-refractivity contribution in [3.05, 3.63) is 54.1 Å². The Bertz CT molecular complexity index is 975.